The Kier molecular flexibility index (Phi) is 4.30. The second-order valence-corrected chi connectivity index (χ2v) is 4.85. The second-order valence-electron chi connectivity index (χ2n) is 4.07. The molecule has 98 valence electrons. The minimum Gasteiger partial charge on any atom is -0.480 e. The van der Waals surface area contributed by atoms with Gasteiger partial charge in [-0.15, -0.1) is 0 Å². The number of nitrogens with one attached hydrogen (secondary N) is 1. The lowest BCUT2D eigenvalue weighted by Gasteiger charge is -2.14. The first kappa shape index (κ1) is 13.3. The van der Waals surface area contributed by atoms with Gasteiger partial charge in [0.25, 0.3) is 5.91 Å². The SMILES string of the molecule is O=C(N[C@@H](Cc1ccccc1)C(=O)O)c1ccsc1. The van der Waals surface area contributed by atoms with Crippen molar-refractivity contribution in [2.24, 2.45) is 0 Å². The maximum absolute atomic E-state index is 11.8. The molecule has 0 bridgehead atoms. The number of carboxylic acid groups (broad SMARTS) is 1. The van der Waals surface area contributed by atoms with Crippen LogP contribution in [-0.2, 0) is 11.2 Å². The van der Waals surface area contributed by atoms with E-state index in [9.17, 15) is 9.59 Å². The molecule has 1 aromatic heterocycles. The van der Waals surface area contributed by atoms with E-state index in [2.05, 4.69) is 5.32 Å². The van der Waals surface area contributed by atoms with Crippen LogP contribution < -0.4 is 5.32 Å². The molecule has 0 saturated carbocycles. The Morgan fingerprint density at radius 1 is 1.21 bits per heavy atom. The first-order chi connectivity index (χ1) is 9.16. The van der Waals surface area contributed by atoms with Gasteiger partial charge in [-0.2, -0.15) is 11.3 Å². The van der Waals surface area contributed by atoms with Gasteiger partial charge in [-0.25, -0.2) is 4.79 Å². The van der Waals surface area contributed by atoms with Crippen LogP contribution in [0.1, 0.15) is 15.9 Å². The minimum absolute atomic E-state index is 0.270. The Morgan fingerprint density at radius 3 is 2.53 bits per heavy atom. The van der Waals surface area contributed by atoms with Crippen molar-refractivity contribution < 1.29 is 14.7 Å². The van der Waals surface area contributed by atoms with Crippen LogP contribution >= 0.6 is 11.3 Å². The number of carbonyl (C=O) groups is 2. The molecular weight excluding hydrogens is 262 g/mol. The molecule has 1 aromatic carbocycles. The number of rotatable bonds is 5. The Labute approximate surface area is 114 Å². The molecule has 1 atom stereocenters. The zero-order chi connectivity index (χ0) is 13.7. The number of hydrogen-bond donors (Lipinski definition) is 2. The molecule has 0 aliphatic heterocycles. The second kappa shape index (κ2) is 6.15. The number of thiophene rings is 1. The van der Waals surface area contributed by atoms with Crippen LogP contribution in [0.4, 0.5) is 0 Å². The van der Waals surface area contributed by atoms with Crippen LogP contribution in [0.15, 0.2) is 47.2 Å². The van der Waals surface area contributed by atoms with Crippen molar-refractivity contribution in [3.05, 3.63) is 58.3 Å². The summed E-state index contributed by atoms with van der Waals surface area (Å²) >= 11 is 1.40. The number of hydrogen-bond acceptors (Lipinski definition) is 3. The summed E-state index contributed by atoms with van der Waals surface area (Å²) in [4.78, 5) is 23.0. The first-order valence-electron chi connectivity index (χ1n) is 5.76. The highest BCUT2D eigenvalue weighted by Crippen LogP contribution is 2.08. The highest BCUT2D eigenvalue weighted by Gasteiger charge is 2.21. The molecule has 2 aromatic rings. The molecule has 0 saturated heterocycles. The van der Waals surface area contributed by atoms with Crippen LogP contribution in [0.3, 0.4) is 0 Å². The van der Waals surface area contributed by atoms with Gasteiger partial charge >= 0.3 is 5.97 Å². The smallest absolute Gasteiger partial charge is 0.326 e. The molecule has 4 nitrogen and oxygen atoms in total. The third-order valence-corrected chi connectivity index (χ3v) is 3.35. The minimum atomic E-state index is -1.03. The molecule has 0 radical (unpaired) electrons. The molecule has 1 heterocycles. The summed E-state index contributed by atoms with van der Waals surface area (Å²) in [6, 6.07) is 9.98. The van der Waals surface area contributed by atoms with E-state index < -0.39 is 12.0 Å². The molecule has 2 N–H and O–H groups in total. The van der Waals surface area contributed by atoms with E-state index in [1.807, 2.05) is 30.3 Å². The topological polar surface area (TPSA) is 66.4 Å². The van der Waals surface area contributed by atoms with Gasteiger partial charge in [0.05, 0.1) is 5.56 Å². The van der Waals surface area contributed by atoms with Crippen LogP contribution in [0.2, 0.25) is 0 Å². The largest absolute Gasteiger partial charge is 0.480 e. The van der Waals surface area contributed by atoms with E-state index in [0.717, 1.165) is 5.56 Å². The summed E-state index contributed by atoms with van der Waals surface area (Å²) < 4.78 is 0. The van der Waals surface area contributed by atoms with Crippen molar-refractivity contribution in [2.75, 3.05) is 0 Å². The summed E-state index contributed by atoms with van der Waals surface area (Å²) in [5.74, 6) is -1.39. The van der Waals surface area contributed by atoms with Crippen LogP contribution in [-0.4, -0.2) is 23.0 Å². The maximum Gasteiger partial charge on any atom is 0.326 e. The number of aliphatic carboxylic acids is 1. The predicted octanol–water partition coefficient (Wildman–Crippen LogP) is 2.17. The van der Waals surface area contributed by atoms with Crippen LogP contribution in [0.5, 0.6) is 0 Å². The van der Waals surface area contributed by atoms with Gasteiger partial charge in [0.15, 0.2) is 0 Å². The van der Waals surface area contributed by atoms with Gasteiger partial charge in [0, 0.05) is 11.8 Å². The monoisotopic (exact) mass is 275 g/mol. The van der Waals surface area contributed by atoms with Gasteiger partial charge in [-0.05, 0) is 17.0 Å². The molecule has 19 heavy (non-hydrogen) atoms. The molecule has 0 unspecified atom stereocenters. The quantitative estimate of drug-likeness (QED) is 0.879. The van der Waals surface area contributed by atoms with Crippen molar-refractivity contribution in [3.63, 3.8) is 0 Å². The summed E-state index contributed by atoms with van der Waals surface area (Å²) in [6.45, 7) is 0. The number of carbonyl (C=O) groups excluding carboxylic acids is 1. The van der Waals surface area contributed by atoms with E-state index in [-0.39, 0.29) is 12.3 Å². The Hall–Kier alpha value is -2.14. The van der Waals surface area contributed by atoms with Gasteiger partial charge < -0.3 is 10.4 Å². The molecule has 2 rings (SSSR count). The van der Waals surface area contributed by atoms with Gasteiger partial charge in [-0.3, -0.25) is 4.79 Å². The highest BCUT2D eigenvalue weighted by molar-refractivity contribution is 7.08. The van der Waals surface area contributed by atoms with Crippen molar-refractivity contribution >= 4 is 23.2 Å². The van der Waals surface area contributed by atoms with Crippen LogP contribution in [0.25, 0.3) is 0 Å². The molecule has 1 amide bonds. The normalized spacial score (nSPS) is 11.8. The molecule has 0 aliphatic rings. The zero-order valence-corrected chi connectivity index (χ0v) is 10.9. The maximum atomic E-state index is 11.8. The fraction of sp³-hybridized carbons (Fsp3) is 0.143. The third kappa shape index (κ3) is 3.66. The van der Waals surface area contributed by atoms with Gasteiger partial charge in [-0.1, -0.05) is 30.3 Å². The standard InChI is InChI=1S/C14H13NO3S/c16-13(11-6-7-19-9-11)15-12(14(17)18)8-10-4-2-1-3-5-10/h1-7,9,12H,8H2,(H,15,16)(H,17,18)/t12-/m0/s1. The molecular formula is C14H13NO3S. The summed E-state index contributed by atoms with van der Waals surface area (Å²) in [5, 5.41) is 15.2. The van der Waals surface area contributed by atoms with E-state index in [4.69, 9.17) is 5.11 Å². The molecule has 5 heteroatoms. The Morgan fingerprint density at radius 2 is 1.95 bits per heavy atom. The lowest BCUT2D eigenvalue weighted by molar-refractivity contribution is -0.139. The molecule has 0 spiro atoms. The molecule has 0 aliphatic carbocycles. The average molecular weight is 275 g/mol. The van der Waals surface area contributed by atoms with E-state index in [0.29, 0.717) is 5.56 Å². The van der Waals surface area contributed by atoms with Crippen molar-refractivity contribution in [2.45, 2.75) is 12.5 Å². The summed E-state index contributed by atoms with van der Waals surface area (Å²) in [7, 11) is 0. The van der Waals surface area contributed by atoms with Crippen molar-refractivity contribution in [3.8, 4) is 0 Å². The Balaban J connectivity index is 2.05. The number of amides is 1. The van der Waals surface area contributed by atoms with E-state index >= 15 is 0 Å². The highest BCUT2D eigenvalue weighted by atomic mass is 32.1. The lowest BCUT2D eigenvalue weighted by atomic mass is 10.1. The fourth-order valence-corrected chi connectivity index (χ4v) is 2.32. The van der Waals surface area contributed by atoms with Crippen molar-refractivity contribution in [1.82, 2.24) is 5.32 Å². The molecule has 0 fully saturated rings. The number of carboxylic acids is 1. The lowest BCUT2D eigenvalue weighted by Crippen LogP contribution is -2.42. The zero-order valence-electron chi connectivity index (χ0n) is 10.1. The fourth-order valence-electron chi connectivity index (χ4n) is 1.69. The van der Waals surface area contributed by atoms with Gasteiger partial charge in [0.2, 0.25) is 0 Å². The van der Waals surface area contributed by atoms with Crippen molar-refractivity contribution in [1.29, 1.82) is 0 Å². The number of benzene rings is 1. The van der Waals surface area contributed by atoms with Crippen LogP contribution in [0, 0.1) is 0 Å². The summed E-state index contributed by atoms with van der Waals surface area (Å²) in [5.41, 5.74) is 1.37. The third-order valence-electron chi connectivity index (χ3n) is 2.67. The van der Waals surface area contributed by atoms with Gasteiger partial charge in [0.1, 0.15) is 6.04 Å². The average Bonchev–Trinajstić information content (AvgIpc) is 2.93. The first-order valence-corrected chi connectivity index (χ1v) is 6.71. The van der Waals surface area contributed by atoms with E-state index in [1.54, 1.807) is 16.8 Å². The Bertz CT molecular complexity index is 551. The summed E-state index contributed by atoms with van der Waals surface area (Å²) in [6.07, 6.45) is 0.270. The van der Waals surface area contributed by atoms with E-state index in [1.165, 1.54) is 11.3 Å². The predicted molar refractivity (Wildman–Crippen MR) is 73.4 cm³/mol.